The van der Waals surface area contributed by atoms with Crippen LogP contribution in [0.1, 0.15) is 71.5 Å². The molecule has 1 aromatic carbocycles. The summed E-state index contributed by atoms with van der Waals surface area (Å²) in [5, 5.41) is 0. The first-order valence-corrected chi connectivity index (χ1v) is 10.7. The third-order valence-electron chi connectivity index (χ3n) is 7.43. The van der Waals surface area contributed by atoms with Gasteiger partial charge in [-0.3, -0.25) is 4.79 Å². The Labute approximate surface area is 174 Å². The topological polar surface area (TPSA) is 52.6 Å². The van der Waals surface area contributed by atoms with E-state index in [9.17, 15) is 9.59 Å². The lowest BCUT2D eigenvalue weighted by Gasteiger charge is -2.56. The Balaban J connectivity index is 1.80. The van der Waals surface area contributed by atoms with Crippen LogP contribution in [-0.4, -0.2) is 19.0 Å². The number of benzene rings is 1. The molecule has 0 heterocycles. The van der Waals surface area contributed by atoms with Crippen LogP contribution in [0.3, 0.4) is 0 Å². The smallest absolute Gasteiger partial charge is 0.351 e. The molecule has 0 aliphatic heterocycles. The third-order valence-corrected chi connectivity index (χ3v) is 7.43. The van der Waals surface area contributed by atoms with Gasteiger partial charge in [0, 0.05) is 5.56 Å². The van der Waals surface area contributed by atoms with Crippen LogP contribution in [0.2, 0.25) is 0 Å². The summed E-state index contributed by atoms with van der Waals surface area (Å²) in [6, 6.07) is 9.07. The number of rotatable bonds is 5. The number of esters is 2. The molecule has 1 fully saturated rings. The standard InChI is InChI=1S/C25H34O4/c1-17-12-13-20-24(2,3)14-9-15-25(20,4)19(17)16-21(26)29-22(23(27)28-5)18-10-7-6-8-11-18/h6-8,10-12,19-20,22H,9,13-16H2,1-5H3/t19?,20-,22?,25+/m0/s1. The van der Waals surface area contributed by atoms with Crippen molar-refractivity contribution < 1.29 is 19.1 Å². The maximum atomic E-state index is 13.0. The molecule has 1 saturated carbocycles. The van der Waals surface area contributed by atoms with E-state index < -0.39 is 12.1 Å². The molecule has 0 radical (unpaired) electrons. The van der Waals surface area contributed by atoms with Crippen molar-refractivity contribution in [1.29, 1.82) is 0 Å². The van der Waals surface area contributed by atoms with Crippen molar-refractivity contribution in [2.45, 2.75) is 65.9 Å². The molecule has 29 heavy (non-hydrogen) atoms. The van der Waals surface area contributed by atoms with Crippen LogP contribution in [-0.2, 0) is 19.1 Å². The molecule has 0 spiro atoms. The van der Waals surface area contributed by atoms with Crippen molar-refractivity contribution in [2.75, 3.05) is 7.11 Å². The summed E-state index contributed by atoms with van der Waals surface area (Å²) in [7, 11) is 1.32. The number of hydrogen-bond donors (Lipinski definition) is 0. The van der Waals surface area contributed by atoms with Gasteiger partial charge in [0.25, 0.3) is 0 Å². The van der Waals surface area contributed by atoms with Crippen LogP contribution in [0.4, 0.5) is 0 Å². The fourth-order valence-electron chi connectivity index (χ4n) is 5.86. The second-order valence-corrected chi connectivity index (χ2v) is 9.64. The van der Waals surface area contributed by atoms with Gasteiger partial charge < -0.3 is 9.47 Å². The number of carbonyl (C=O) groups is 2. The van der Waals surface area contributed by atoms with E-state index in [0.29, 0.717) is 17.9 Å². The monoisotopic (exact) mass is 398 g/mol. The Morgan fingerprint density at radius 2 is 1.83 bits per heavy atom. The molecule has 2 unspecified atom stereocenters. The van der Waals surface area contributed by atoms with Crippen molar-refractivity contribution in [3.8, 4) is 0 Å². The zero-order valence-corrected chi connectivity index (χ0v) is 18.4. The van der Waals surface area contributed by atoms with E-state index in [1.165, 1.54) is 25.5 Å². The molecule has 0 bridgehead atoms. The number of fused-ring (bicyclic) bond motifs is 1. The quantitative estimate of drug-likeness (QED) is 0.476. The Bertz CT molecular complexity index is 779. The molecule has 3 rings (SSSR count). The van der Waals surface area contributed by atoms with Crippen LogP contribution in [0.25, 0.3) is 0 Å². The lowest BCUT2D eigenvalue weighted by atomic mass is 9.48. The summed E-state index contributed by atoms with van der Waals surface area (Å²) < 4.78 is 10.6. The zero-order valence-electron chi connectivity index (χ0n) is 18.4. The van der Waals surface area contributed by atoms with Crippen LogP contribution in [0, 0.1) is 22.7 Å². The van der Waals surface area contributed by atoms with Crippen molar-refractivity contribution in [1.82, 2.24) is 0 Å². The maximum absolute atomic E-state index is 13.0. The molecule has 4 heteroatoms. The third kappa shape index (κ3) is 4.26. The second-order valence-electron chi connectivity index (χ2n) is 9.64. The van der Waals surface area contributed by atoms with Crippen LogP contribution >= 0.6 is 0 Å². The average Bonchev–Trinajstić information content (AvgIpc) is 2.68. The summed E-state index contributed by atoms with van der Waals surface area (Å²) in [6.07, 6.45) is 6.22. The van der Waals surface area contributed by atoms with Gasteiger partial charge in [-0.15, -0.1) is 0 Å². The SMILES string of the molecule is COC(=O)C(OC(=O)CC1C(C)=CC[C@H]2C(C)(C)CCC[C@]12C)c1ccccc1. The predicted octanol–water partition coefficient (Wildman–Crippen LogP) is 5.63. The normalized spacial score (nSPS) is 29.2. The summed E-state index contributed by atoms with van der Waals surface area (Å²) in [6.45, 7) is 9.21. The molecular formula is C25H34O4. The van der Waals surface area contributed by atoms with E-state index in [1.807, 2.05) is 18.2 Å². The number of hydrogen-bond acceptors (Lipinski definition) is 4. The Hall–Kier alpha value is -2.10. The largest absolute Gasteiger partial charge is 0.466 e. The molecule has 2 aliphatic carbocycles. The number of methoxy groups -OCH3 is 1. The minimum absolute atomic E-state index is 0.0765. The highest BCUT2D eigenvalue weighted by atomic mass is 16.6. The molecular weight excluding hydrogens is 364 g/mol. The van der Waals surface area contributed by atoms with Gasteiger partial charge in [-0.25, -0.2) is 4.79 Å². The first-order chi connectivity index (χ1) is 13.7. The number of ether oxygens (including phenoxy) is 2. The average molecular weight is 399 g/mol. The van der Waals surface area contributed by atoms with E-state index in [2.05, 4.69) is 33.8 Å². The van der Waals surface area contributed by atoms with Crippen molar-refractivity contribution >= 4 is 11.9 Å². The molecule has 4 nitrogen and oxygen atoms in total. The Morgan fingerprint density at radius 1 is 1.14 bits per heavy atom. The van der Waals surface area contributed by atoms with Gasteiger partial charge >= 0.3 is 11.9 Å². The molecule has 158 valence electrons. The fraction of sp³-hybridized carbons (Fsp3) is 0.600. The van der Waals surface area contributed by atoms with Crippen molar-refractivity contribution in [3.05, 3.63) is 47.5 Å². The lowest BCUT2D eigenvalue weighted by Crippen LogP contribution is -2.49. The highest BCUT2D eigenvalue weighted by Crippen LogP contribution is 2.60. The van der Waals surface area contributed by atoms with Gasteiger partial charge in [-0.05, 0) is 48.9 Å². The minimum atomic E-state index is -1.02. The summed E-state index contributed by atoms with van der Waals surface area (Å²) in [5.74, 6) is -0.200. The second kappa shape index (κ2) is 8.33. The Morgan fingerprint density at radius 3 is 2.48 bits per heavy atom. The van der Waals surface area contributed by atoms with Crippen molar-refractivity contribution in [3.63, 3.8) is 0 Å². The van der Waals surface area contributed by atoms with Gasteiger partial charge in [0.05, 0.1) is 13.5 Å². The van der Waals surface area contributed by atoms with Crippen LogP contribution in [0.5, 0.6) is 0 Å². The highest BCUT2D eigenvalue weighted by molar-refractivity contribution is 5.81. The summed E-state index contributed by atoms with van der Waals surface area (Å²) in [4.78, 5) is 25.3. The van der Waals surface area contributed by atoms with Crippen molar-refractivity contribution in [2.24, 2.45) is 22.7 Å². The summed E-state index contributed by atoms with van der Waals surface area (Å²) >= 11 is 0. The predicted molar refractivity (Wildman–Crippen MR) is 113 cm³/mol. The van der Waals surface area contributed by atoms with E-state index in [1.54, 1.807) is 12.1 Å². The van der Waals surface area contributed by atoms with Gasteiger partial charge in [0.2, 0.25) is 6.10 Å². The molecule has 0 aromatic heterocycles. The molecule has 0 N–H and O–H groups in total. The zero-order chi connectivity index (χ0) is 21.2. The number of carbonyl (C=O) groups excluding carboxylic acids is 2. The lowest BCUT2D eigenvalue weighted by molar-refractivity contribution is -0.168. The molecule has 1 aromatic rings. The molecule has 2 aliphatic rings. The molecule has 0 amide bonds. The van der Waals surface area contributed by atoms with Gasteiger partial charge in [0.15, 0.2) is 0 Å². The van der Waals surface area contributed by atoms with E-state index in [-0.39, 0.29) is 22.7 Å². The first kappa shape index (κ1) is 21.6. The first-order valence-electron chi connectivity index (χ1n) is 10.7. The molecule has 4 atom stereocenters. The van der Waals surface area contributed by atoms with Gasteiger partial charge in [-0.2, -0.15) is 0 Å². The van der Waals surface area contributed by atoms with Gasteiger partial charge in [0.1, 0.15) is 0 Å². The van der Waals surface area contributed by atoms with E-state index in [0.717, 1.165) is 12.8 Å². The van der Waals surface area contributed by atoms with Gasteiger partial charge in [-0.1, -0.05) is 69.2 Å². The molecule has 0 saturated heterocycles. The highest BCUT2D eigenvalue weighted by Gasteiger charge is 2.52. The van der Waals surface area contributed by atoms with E-state index >= 15 is 0 Å². The number of allylic oxidation sites excluding steroid dienone is 2. The minimum Gasteiger partial charge on any atom is -0.466 e. The summed E-state index contributed by atoms with van der Waals surface area (Å²) in [5.41, 5.74) is 2.25. The maximum Gasteiger partial charge on any atom is 0.351 e. The van der Waals surface area contributed by atoms with Crippen LogP contribution < -0.4 is 0 Å². The van der Waals surface area contributed by atoms with Crippen LogP contribution in [0.15, 0.2) is 42.0 Å². The van der Waals surface area contributed by atoms with E-state index in [4.69, 9.17) is 9.47 Å². The Kier molecular flexibility index (Phi) is 6.21. The fourth-order valence-corrected chi connectivity index (χ4v) is 5.86.